The molecule has 140 valence electrons. The molecule has 0 spiro atoms. The number of nitrogens with two attached hydrogens (primary N) is 1. The van der Waals surface area contributed by atoms with Crippen LogP contribution in [0.25, 0.3) is 17.0 Å². The van der Waals surface area contributed by atoms with Crippen molar-refractivity contribution in [3.8, 4) is 5.95 Å². The maximum absolute atomic E-state index is 13.8. The fourth-order valence-corrected chi connectivity index (χ4v) is 2.75. The molecule has 10 heteroatoms. The summed E-state index contributed by atoms with van der Waals surface area (Å²) in [6.45, 7) is 0. The van der Waals surface area contributed by atoms with Gasteiger partial charge in [-0.15, -0.1) is 0 Å². The van der Waals surface area contributed by atoms with Crippen LogP contribution >= 0.6 is 0 Å². The van der Waals surface area contributed by atoms with Crippen LogP contribution in [-0.4, -0.2) is 31.3 Å². The Kier molecular flexibility index (Phi) is 4.07. The number of aromatic nitrogens is 4. The van der Waals surface area contributed by atoms with Gasteiger partial charge in [-0.2, -0.15) is 0 Å². The van der Waals surface area contributed by atoms with Crippen LogP contribution in [0, 0.1) is 11.6 Å². The number of H-pyrrole nitrogens is 1. The van der Waals surface area contributed by atoms with Gasteiger partial charge >= 0.3 is 0 Å². The average Bonchev–Trinajstić information content (AvgIpc) is 3.28. The molecule has 0 atom stereocenters. The van der Waals surface area contributed by atoms with Gasteiger partial charge in [0.25, 0.3) is 11.8 Å². The van der Waals surface area contributed by atoms with Crippen LogP contribution in [0.3, 0.4) is 0 Å². The Morgan fingerprint density at radius 3 is 2.46 bits per heavy atom. The predicted molar refractivity (Wildman–Crippen MR) is 96.0 cm³/mol. The topological polar surface area (TPSA) is 119 Å². The van der Waals surface area contributed by atoms with Crippen LogP contribution in [0.5, 0.6) is 0 Å². The Bertz CT molecular complexity index is 1180. The molecule has 0 saturated carbocycles. The molecule has 4 rings (SSSR count). The van der Waals surface area contributed by atoms with E-state index in [9.17, 15) is 18.4 Å². The SMILES string of the molecule is NC(=O)c1c(C(=O)Nc2c(F)cccc2F)ncn1-c1nc2ccccc2[nH]1. The molecule has 2 aromatic carbocycles. The molecule has 0 saturated heterocycles. The van der Waals surface area contributed by atoms with Crippen LogP contribution in [0.1, 0.15) is 21.0 Å². The van der Waals surface area contributed by atoms with Gasteiger partial charge in [-0.05, 0) is 24.3 Å². The summed E-state index contributed by atoms with van der Waals surface area (Å²) in [5.41, 5.74) is 5.41. The molecule has 0 fully saturated rings. The smallest absolute Gasteiger partial charge is 0.276 e. The van der Waals surface area contributed by atoms with Crippen LogP contribution in [-0.2, 0) is 0 Å². The highest BCUT2D eigenvalue weighted by molar-refractivity contribution is 6.10. The summed E-state index contributed by atoms with van der Waals surface area (Å²) < 4.78 is 28.8. The van der Waals surface area contributed by atoms with Gasteiger partial charge in [0.1, 0.15) is 29.3 Å². The number of primary amides is 1. The van der Waals surface area contributed by atoms with Gasteiger partial charge in [-0.25, -0.2) is 18.7 Å². The van der Waals surface area contributed by atoms with Gasteiger partial charge < -0.3 is 16.0 Å². The Morgan fingerprint density at radius 2 is 1.79 bits per heavy atom. The maximum Gasteiger partial charge on any atom is 0.276 e. The Labute approximate surface area is 156 Å². The lowest BCUT2D eigenvalue weighted by Gasteiger charge is -2.07. The Balaban J connectivity index is 1.76. The number of hydrogen-bond donors (Lipinski definition) is 3. The number of anilines is 1. The number of para-hydroxylation sites is 3. The summed E-state index contributed by atoms with van der Waals surface area (Å²) in [5.74, 6) is -3.68. The minimum atomic E-state index is -0.993. The average molecular weight is 382 g/mol. The minimum Gasteiger partial charge on any atom is -0.364 e. The number of nitrogens with zero attached hydrogens (tertiary/aromatic N) is 3. The molecule has 0 bridgehead atoms. The lowest BCUT2D eigenvalue weighted by atomic mass is 10.2. The molecule has 0 aliphatic rings. The van der Waals surface area contributed by atoms with E-state index >= 15 is 0 Å². The second-order valence-corrected chi connectivity index (χ2v) is 5.80. The first-order chi connectivity index (χ1) is 13.5. The van der Waals surface area contributed by atoms with E-state index < -0.39 is 34.8 Å². The number of hydrogen-bond acceptors (Lipinski definition) is 4. The molecule has 0 aliphatic carbocycles. The summed E-state index contributed by atoms with van der Waals surface area (Å²) >= 11 is 0. The van der Waals surface area contributed by atoms with E-state index in [1.165, 1.54) is 10.9 Å². The van der Waals surface area contributed by atoms with Crippen molar-refractivity contribution in [1.29, 1.82) is 0 Å². The van der Waals surface area contributed by atoms with Gasteiger partial charge in [0.2, 0.25) is 5.95 Å². The van der Waals surface area contributed by atoms with Crippen molar-refractivity contribution in [2.45, 2.75) is 0 Å². The van der Waals surface area contributed by atoms with Gasteiger partial charge in [0.05, 0.1) is 11.0 Å². The van der Waals surface area contributed by atoms with Crippen molar-refractivity contribution >= 4 is 28.5 Å². The molecule has 4 N–H and O–H groups in total. The summed E-state index contributed by atoms with van der Waals surface area (Å²) in [4.78, 5) is 35.7. The molecular weight excluding hydrogens is 370 g/mol. The number of benzene rings is 2. The molecule has 4 aromatic rings. The van der Waals surface area contributed by atoms with Crippen LogP contribution in [0.15, 0.2) is 48.8 Å². The van der Waals surface area contributed by atoms with Crippen molar-refractivity contribution in [1.82, 2.24) is 19.5 Å². The third-order valence-electron chi connectivity index (χ3n) is 4.02. The van der Waals surface area contributed by atoms with E-state index in [0.29, 0.717) is 11.0 Å². The molecular formula is C18H12F2N6O2. The number of rotatable bonds is 4. The van der Waals surface area contributed by atoms with Crippen LogP contribution in [0.2, 0.25) is 0 Å². The highest BCUT2D eigenvalue weighted by Crippen LogP contribution is 2.21. The number of carbonyl (C=O) groups excluding carboxylic acids is 2. The molecule has 8 nitrogen and oxygen atoms in total. The van der Waals surface area contributed by atoms with E-state index in [2.05, 4.69) is 20.3 Å². The number of amides is 2. The van der Waals surface area contributed by atoms with Gasteiger partial charge in [-0.1, -0.05) is 18.2 Å². The van der Waals surface area contributed by atoms with E-state index in [0.717, 1.165) is 18.2 Å². The van der Waals surface area contributed by atoms with Crippen molar-refractivity contribution in [2.24, 2.45) is 5.73 Å². The normalized spacial score (nSPS) is 10.9. The zero-order valence-electron chi connectivity index (χ0n) is 14.1. The van der Waals surface area contributed by atoms with Crippen LogP contribution < -0.4 is 11.1 Å². The first-order valence-corrected chi connectivity index (χ1v) is 8.03. The molecule has 2 heterocycles. The second-order valence-electron chi connectivity index (χ2n) is 5.80. The Hall–Kier alpha value is -4.08. The summed E-state index contributed by atoms with van der Waals surface area (Å²) in [5, 5.41) is 2.08. The minimum absolute atomic E-state index is 0.207. The highest BCUT2D eigenvalue weighted by Gasteiger charge is 2.25. The largest absolute Gasteiger partial charge is 0.364 e. The zero-order chi connectivity index (χ0) is 19.8. The number of carbonyl (C=O) groups is 2. The van der Waals surface area contributed by atoms with Crippen molar-refractivity contribution < 1.29 is 18.4 Å². The van der Waals surface area contributed by atoms with E-state index in [1.807, 2.05) is 0 Å². The maximum atomic E-state index is 13.8. The number of imidazole rings is 2. The number of fused-ring (bicyclic) bond motifs is 1. The third kappa shape index (κ3) is 2.86. The molecule has 2 aromatic heterocycles. The monoisotopic (exact) mass is 382 g/mol. The summed E-state index contributed by atoms with van der Waals surface area (Å²) in [6.07, 6.45) is 1.17. The lowest BCUT2D eigenvalue weighted by Crippen LogP contribution is -2.23. The number of halogens is 2. The van der Waals surface area contributed by atoms with E-state index in [1.54, 1.807) is 24.3 Å². The quantitative estimate of drug-likeness (QED) is 0.502. The van der Waals surface area contributed by atoms with Gasteiger partial charge in [0.15, 0.2) is 5.69 Å². The molecule has 0 unspecified atom stereocenters. The van der Waals surface area contributed by atoms with Crippen LogP contribution in [0.4, 0.5) is 14.5 Å². The van der Waals surface area contributed by atoms with Crippen molar-refractivity contribution in [2.75, 3.05) is 5.32 Å². The summed E-state index contributed by atoms with van der Waals surface area (Å²) in [7, 11) is 0. The highest BCUT2D eigenvalue weighted by atomic mass is 19.1. The standard InChI is InChI=1S/C18H12F2N6O2/c19-9-4-3-5-10(20)13(9)25-17(28)14-15(16(21)27)26(8-22-14)18-23-11-6-1-2-7-12(11)24-18/h1-8H,(H2,21,27)(H,23,24)(H,25,28). The van der Waals surface area contributed by atoms with Crippen molar-refractivity contribution in [3.05, 3.63) is 71.8 Å². The van der Waals surface area contributed by atoms with Crippen molar-refractivity contribution in [3.63, 3.8) is 0 Å². The zero-order valence-corrected chi connectivity index (χ0v) is 14.1. The first-order valence-electron chi connectivity index (χ1n) is 8.03. The molecule has 2 amide bonds. The van der Waals surface area contributed by atoms with E-state index in [-0.39, 0.29) is 11.6 Å². The van der Waals surface area contributed by atoms with E-state index in [4.69, 9.17) is 5.73 Å². The summed E-state index contributed by atoms with van der Waals surface area (Å²) in [6, 6.07) is 10.3. The Morgan fingerprint density at radius 1 is 1.07 bits per heavy atom. The molecule has 0 aliphatic heterocycles. The third-order valence-corrected chi connectivity index (χ3v) is 4.02. The lowest BCUT2D eigenvalue weighted by molar-refractivity contribution is 0.0970. The predicted octanol–water partition coefficient (Wildman–Crippen LogP) is 2.38. The molecule has 0 radical (unpaired) electrons. The molecule has 28 heavy (non-hydrogen) atoms. The van der Waals surface area contributed by atoms with Gasteiger partial charge in [-0.3, -0.25) is 14.2 Å². The number of aromatic amines is 1. The second kappa shape index (κ2) is 6.58. The number of nitrogens with one attached hydrogen (secondary N) is 2. The first kappa shape index (κ1) is 17.3. The van der Waals surface area contributed by atoms with Gasteiger partial charge in [0, 0.05) is 0 Å². The fourth-order valence-electron chi connectivity index (χ4n) is 2.75. The fraction of sp³-hybridized carbons (Fsp3) is 0.